The molecule has 1 aromatic rings. The van der Waals surface area contributed by atoms with Crippen molar-refractivity contribution in [1.82, 2.24) is 0 Å². The van der Waals surface area contributed by atoms with E-state index in [1.54, 1.807) is 32.0 Å². The topological polar surface area (TPSA) is 89.3 Å². The molecule has 1 amide bonds. The fourth-order valence-corrected chi connectivity index (χ4v) is 2.43. The second kappa shape index (κ2) is 5.71. The van der Waals surface area contributed by atoms with Gasteiger partial charge < -0.3 is 11.1 Å². The van der Waals surface area contributed by atoms with Crippen LogP contribution in [0.3, 0.4) is 0 Å². The van der Waals surface area contributed by atoms with Crippen molar-refractivity contribution in [2.24, 2.45) is 0 Å². The number of rotatable bonds is 4. The molecule has 0 bridgehead atoms. The number of sulfone groups is 1. The lowest BCUT2D eigenvalue weighted by atomic mass is 10.3. The molecule has 0 atom stereocenters. The van der Waals surface area contributed by atoms with Crippen LogP contribution in [-0.2, 0) is 14.6 Å². The highest BCUT2D eigenvalue weighted by molar-refractivity contribution is 9.10. The first-order chi connectivity index (χ1) is 8.22. The van der Waals surface area contributed by atoms with Crippen LogP contribution in [0, 0.1) is 0 Å². The number of halogens is 1. The molecule has 0 spiro atoms. The van der Waals surface area contributed by atoms with Crippen LogP contribution in [0.2, 0.25) is 0 Å². The molecule has 0 saturated carbocycles. The van der Waals surface area contributed by atoms with Gasteiger partial charge in [-0.05, 0) is 48.0 Å². The molecule has 0 unspecified atom stereocenters. The quantitative estimate of drug-likeness (QED) is 0.821. The molecule has 0 aromatic heterocycles. The number of benzene rings is 1. The lowest BCUT2D eigenvalue weighted by Crippen LogP contribution is -2.28. The molecule has 0 aliphatic rings. The Bertz CT molecular complexity index is 555. The Morgan fingerprint density at radius 3 is 2.56 bits per heavy atom. The van der Waals surface area contributed by atoms with Gasteiger partial charge in [-0.1, -0.05) is 0 Å². The van der Waals surface area contributed by atoms with Crippen molar-refractivity contribution < 1.29 is 13.2 Å². The van der Waals surface area contributed by atoms with Crippen LogP contribution in [0.4, 0.5) is 11.4 Å². The minimum atomic E-state index is -3.39. The van der Waals surface area contributed by atoms with E-state index in [1.807, 2.05) is 0 Å². The van der Waals surface area contributed by atoms with Crippen LogP contribution >= 0.6 is 15.9 Å². The zero-order valence-corrected chi connectivity index (χ0v) is 12.5. The third kappa shape index (κ3) is 3.99. The van der Waals surface area contributed by atoms with Gasteiger partial charge in [0.2, 0.25) is 5.91 Å². The zero-order valence-electron chi connectivity index (χ0n) is 10.1. The number of amides is 1. The predicted octanol–water partition coefficient (Wildman–Crippen LogP) is 1.79. The van der Waals surface area contributed by atoms with Crippen LogP contribution in [0.1, 0.15) is 13.8 Å². The average molecular weight is 335 g/mol. The van der Waals surface area contributed by atoms with Crippen LogP contribution in [-0.4, -0.2) is 25.3 Å². The van der Waals surface area contributed by atoms with Crippen molar-refractivity contribution in [3.8, 4) is 0 Å². The van der Waals surface area contributed by atoms with E-state index in [9.17, 15) is 13.2 Å². The van der Waals surface area contributed by atoms with Crippen LogP contribution in [0.15, 0.2) is 22.7 Å². The van der Waals surface area contributed by atoms with Gasteiger partial charge in [-0.2, -0.15) is 0 Å². The number of hydrogen-bond acceptors (Lipinski definition) is 4. The van der Waals surface area contributed by atoms with E-state index in [1.165, 1.54) is 0 Å². The van der Waals surface area contributed by atoms with Gasteiger partial charge in [0.1, 0.15) is 5.75 Å². The van der Waals surface area contributed by atoms with Crippen LogP contribution < -0.4 is 11.1 Å². The van der Waals surface area contributed by atoms with E-state index in [0.717, 1.165) is 0 Å². The van der Waals surface area contributed by atoms with Crippen molar-refractivity contribution in [2.45, 2.75) is 19.1 Å². The Balaban J connectivity index is 2.77. The molecule has 7 heteroatoms. The van der Waals surface area contributed by atoms with Crippen molar-refractivity contribution in [2.75, 3.05) is 16.8 Å². The summed E-state index contributed by atoms with van der Waals surface area (Å²) in [5.74, 6) is -1.09. The van der Waals surface area contributed by atoms with Gasteiger partial charge >= 0.3 is 0 Å². The van der Waals surface area contributed by atoms with E-state index in [2.05, 4.69) is 21.2 Å². The molecule has 1 aromatic carbocycles. The summed E-state index contributed by atoms with van der Waals surface area (Å²) < 4.78 is 23.8. The van der Waals surface area contributed by atoms with E-state index >= 15 is 0 Å². The van der Waals surface area contributed by atoms with Crippen molar-refractivity contribution in [3.05, 3.63) is 22.7 Å². The maximum Gasteiger partial charge on any atom is 0.239 e. The summed E-state index contributed by atoms with van der Waals surface area (Å²) >= 11 is 3.24. The molecule has 0 fully saturated rings. The molecule has 0 saturated heterocycles. The van der Waals surface area contributed by atoms with Gasteiger partial charge in [0.05, 0.1) is 10.9 Å². The molecule has 0 aliphatic carbocycles. The largest absolute Gasteiger partial charge is 0.399 e. The Morgan fingerprint density at radius 1 is 1.44 bits per heavy atom. The highest BCUT2D eigenvalue weighted by Gasteiger charge is 2.20. The third-order valence-electron chi connectivity index (χ3n) is 2.32. The standard InChI is InChI=1S/C11H15BrN2O3S/c1-7(2)18(16,17)6-11(15)14-10-4-3-8(13)5-9(10)12/h3-5,7H,6,13H2,1-2H3,(H,14,15). The molecule has 100 valence electrons. The van der Waals surface area contributed by atoms with Crippen LogP contribution in [0.25, 0.3) is 0 Å². The molecule has 0 aliphatic heterocycles. The third-order valence-corrected chi connectivity index (χ3v) is 5.07. The summed E-state index contributed by atoms with van der Waals surface area (Å²) in [7, 11) is -3.39. The maximum atomic E-state index is 11.6. The molecular formula is C11H15BrN2O3S. The van der Waals surface area contributed by atoms with E-state index in [4.69, 9.17) is 5.73 Å². The van der Waals surface area contributed by atoms with E-state index in [-0.39, 0.29) is 0 Å². The van der Waals surface area contributed by atoms with Crippen molar-refractivity contribution in [3.63, 3.8) is 0 Å². The van der Waals surface area contributed by atoms with Gasteiger partial charge in [0, 0.05) is 10.2 Å². The van der Waals surface area contributed by atoms with Gasteiger partial charge in [0.15, 0.2) is 9.84 Å². The van der Waals surface area contributed by atoms with Crippen LogP contribution in [0.5, 0.6) is 0 Å². The Hall–Kier alpha value is -1.08. The molecular weight excluding hydrogens is 320 g/mol. The van der Waals surface area contributed by atoms with Crippen molar-refractivity contribution in [1.29, 1.82) is 0 Å². The number of carbonyl (C=O) groups excluding carboxylic acids is 1. The smallest absolute Gasteiger partial charge is 0.239 e. The van der Waals surface area contributed by atoms with Gasteiger partial charge in [-0.25, -0.2) is 8.42 Å². The van der Waals surface area contributed by atoms with E-state index in [0.29, 0.717) is 15.8 Å². The zero-order chi connectivity index (χ0) is 13.9. The Labute approximate surface area is 115 Å². The molecule has 3 N–H and O–H groups in total. The molecule has 5 nitrogen and oxygen atoms in total. The Kier molecular flexibility index (Phi) is 4.75. The number of carbonyl (C=O) groups is 1. The predicted molar refractivity (Wildman–Crippen MR) is 76.1 cm³/mol. The Morgan fingerprint density at radius 2 is 2.06 bits per heavy atom. The fourth-order valence-electron chi connectivity index (χ4n) is 1.17. The second-order valence-corrected chi connectivity index (χ2v) is 7.55. The molecule has 0 heterocycles. The van der Waals surface area contributed by atoms with Gasteiger partial charge in [0.25, 0.3) is 0 Å². The number of hydrogen-bond donors (Lipinski definition) is 2. The second-order valence-electron chi connectivity index (χ2n) is 4.14. The summed E-state index contributed by atoms with van der Waals surface area (Å²) in [6.45, 7) is 3.09. The number of anilines is 2. The highest BCUT2D eigenvalue weighted by atomic mass is 79.9. The monoisotopic (exact) mass is 334 g/mol. The lowest BCUT2D eigenvalue weighted by Gasteiger charge is -2.10. The minimum absolute atomic E-state index is 0.494. The molecule has 0 radical (unpaired) electrons. The first kappa shape index (κ1) is 15.0. The maximum absolute atomic E-state index is 11.6. The summed E-state index contributed by atoms with van der Waals surface area (Å²) in [4.78, 5) is 11.6. The average Bonchev–Trinajstić information content (AvgIpc) is 2.21. The fraction of sp³-hybridized carbons (Fsp3) is 0.364. The summed E-state index contributed by atoms with van der Waals surface area (Å²) in [6.07, 6.45) is 0. The summed E-state index contributed by atoms with van der Waals surface area (Å²) in [5.41, 5.74) is 6.61. The molecule has 18 heavy (non-hydrogen) atoms. The first-order valence-electron chi connectivity index (χ1n) is 5.29. The summed E-state index contributed by atoms with van der Waals surface area (Å²) in [6, 6.07) is 4.86. The SMILES string of the molecule is CC(C)S(=O)(=O)CC(=O)Nc1ccc(N)cc1Br. The molecule has 1 rings (SSSR count). The number of nitrogens with two attached hydrogens (primary N) is 1. The van der Waals surface area contributed by atoms with Crippen molar-refractivity contribution >= 4 is 43.0 Å². The van der Waals surface area contributed by atoms with Gasteiger partial charge in [-0.3, -0.25) is 4.79 Å². The number of nitrogen functional groups attached to an aromatic ring is 1. The van der Waals surface area contributed by atoms with Gasteiger partial charge in [-0.15, -0.1) is 0 Å². The number of nitrogens with one attached hydrogen (secondary N) is 1. The minimum Gasteiger partial charge on any atom is -0.399 e. The highest BCUT2D eigenvalue weighted by Crippen LogP contribution is 2.24. The lowest BCUT2D eigenvalue weighted by molar-refractivity contribution is -0.113. The normalized spacial score (nSPS) is 11.6. The van der Waals surface area contributed by atoms with E-state index < -0.39 is 26.7 Å². The first-order valence-corrected chi connectivity index (χ1v) is 7.79. The summed E-state index contributed by atoms with van der Waals surface area (Å²) in [5, 5.41) is 1.96.